The van der Waals surface area contributed by atoms with Gasteiger partial charge in [-0.25, -0.2) is 0 Å². The molecule has 2 aromatic rings. The lowest BCUT2D eigenvalue weighted by Crippen LogP contribution is -2.47. The summed E-state index contributed by atoms with van der Waals surface area (Å²) in [4.78, 5) is 41.0. The predicted molar refractivity (Wildman–Crippen MR) is 125 cm³/mol. The van der Waals surface area contributed by atoms with Gasteiger partial charge in [0.25, 0.3) is 5.91 Å². The summed E-state index contributed by atoms with van der Waals surface area (Å²) in [7, 11) is 1.58. The maximum atomic E-state index is 13.1. The summed E-state index contributed by atoms with van der Waals surface area (Å²) >= 11 is 6.20. The second kappa shape index (κ2) is 11.7. The van der Waals surface area contributed by atoms with Crippen molar-refractivity contribution in [1.82, 2.24) is 9.80 Å². The molecule has 0 aliphatic carbocycles. The molecule has 0 bridgehead atoms. The molecular formula is C25H29ClN2O5. The third kappa shape index (κ3) is 6.48. The smallest absolute Gasteiger partial charge is 0.310 e. The first-order chi connectivity index (χ1) is 15.9. The fraction of sp³-hybridized carbons (Fsp3) is 0.400. The van der Waals surface area contributed by atoms with E-state index in [9.17, 15) is 14.4 Å². The second-order valence-corrected chi connectivity index (χ2v) is 8.38. The first-order valence-corrected chi connectivity index (χ1v) is 11.4. The average Bonchev–Trinajstić information content (AvgIpc) is 2.83. The monoisotopic (exact) mass is 472 g/mol. The van der Waals surface area contributed by atoms with Crippen LogP contribution in [-0.4, -0.2) is 60.9 Å². The number of likely N-dealkylation sites (tertiary alicyclic amines) is 1. The number of esters is 1. The topological polar surface area (TPSA) is 76.2 Å². The van der Waals surface area contributed by atoms with Crippen LogP contribution in [0, 0.1) is 5.92 Å². The summed E-state index contributed by atoms with van der Waals surface area (Å²) in [5.74, 6) is -0.694. The van der Waals surface area contributed by atoms with Crippen LogP contribution < -0.4 is 4.74 Å². The van der Waals surface area contributed by atoms with Crippen LogP contribution >= 0.6 is 11.6 Å². The number of halogens is 1. The molecule has 8 heteroatoms. The number of rotatable bonds is 8. The Morgan fingerprint density at radius 2 is 1.85 bits per heavy atom. The van der Waals surface area contributed by atoms with Crippen molar-refractivity contribution in [3.05, 3.63) is 64.7 Å². The van der Waals surface area contributed by atoms with Gasteiger partial charge in [-0.3, -0.25) is 14.4 Å². The number of carbonyl (C=O) groups is 3. The van der Waals surface area contributed by atoms with E-state index in [-0.39, 0.29) is 36.9 Å². The van der Waals surface area contributed by atoms with Crippen LogP contribution in [0.5, 0.6) is 5.75 Å². The number of piperidine rings is 1. The molecule has 0 saturated carbocycles. The van der Waals surface area contributed by atoms with E-state index in [0.29, 0.717) is 42.5 Å². The second-order valence-electron chi connectivity index (χ2n) is 7.97. The van der Waals surface area contributed by atoms with E-state index < -0.39 is 0 Å². The molecule has 1 heterocycles. The normalized spacial score (nSPS) is 15.6. The summed E-state index contributed by atoms with van der Waals surface area (Å²) in [5.41, 5.74) is 1.18. The highest BCUT2D eigenvalue weighted by Crippen LogP contribution is 2.23. The lowest BCUT2D eigenvalue weighted by Gasteiger charge is -2.32. The Kier molecular flexibility index (Phi) is 8.72. The molecule has 0 aromatic heterocycles. The molecule has 1 unspecified atom stereocenters. The maximum Gasteiger partial charge on any atom is 0.310 e. The minimum atomic E-state index is -0.322. The van der Waals surface area contributed by atoms with Crippen LogP contribution in [0.25, 0.3) is 0 Å². The molecule has 176 valence electrons. The number of nitrogens with zero attached hydrogens (tertiary/aromatic N) is 2. The molecule has 0 radical (unpaired) electrons. The summed E-state index contributed by atoms with van der Waals surface area (Å²) in [5, 5.41) is 0.590. The molecule has 2 amide bonds. The molecule has 3 rings (SSSR count). The first-order valence-electron chi connectivity index (χ1n) is 11.1. The first kappa shape index (κ1) is 24.6. The van der Waals surface area contributed by atoms with Gasteiger partial charge in [-0.15, -0.1) is 0 Å². The van der Waals surface area contributed by atoms with Crippen molar-refractivity contribution in [3.8, 4) is 5.75 Å². The molecule has 1 aliphatic heterocycles. The lowest BCUT2D eigenvalue weighted by atomic mass is 9.98. The lowest BCUT2D eigenvalue weighted by molar-refractivity contribution is -0.151. The summed E-state index contributed by atoms with van der Waals surface area (Å²) in [6, 6.07) is 14.3. The molecule has 1 saturated heterocycles. The number of benzene rings is 2. The zero-order valence-corrected chi connectivity index (χ0v) is 19.7. The van der Waals surface area contributed by atoms with Crippen molar-refractivity contribution in [3.63, 3.8) is 0 Å². The zero-order valence-electron chi connectivity index (χ0n) is 19.0. The Labute approximate surface area is 199 Å². The quantitative estimate of drug-likeness (QED) is 0.546. The zero-order chi connectivity index (χ0) is 23.8. The predicted octanol–water partition coefficient (Wildman–Crippen LogP) is 3.79. The van der Waals surface area contributed by atoms with E-state index >= 15 is 0 Å². The van der Waals surface area contributed by atoms with Gasteiger partial charge < -0.3 is 19.3 Å². The highest BCUT2D eigenvalue weighted by molar-refractivity contribution is 6.31. The minimum Gasteiger partial charge on any atom is -0.488 e. The molecule has 0 spiro atoms. The largest absolute Gasteiger partial charge is 0.488 e. The number of carbonyl (C=O) groups excluding carboxylic acids is 3. The SMILES string of the molecule is CCOC(=O)C1CCCN(C(=O)CN(C)C(=O)c2ccccc2OCc2ccccc2Cl)C1. The van der Waals surface area contributed by atoms with Gasteiger partial charge in [-0.2, -0.15) is 0 Å². The van der Waals surface area contributed by atoms with Crippen LogP contribution in [0.4, 0.5) is 0 Å². The summed E-state index contributed by atoms with van der Waals surface area (Å²) in [6.07, 6.45) is 1.43. The number of ether oxygens (including phenoxy) is 2. The summed E-state index contributed by atoms with van der Waals surface area (Å²) in [6.45, 7) is 3.09. The minimum absolute atomic E-state index is 0.0901. The Balaban J connectivity index is 1.62. The van der Waals surface area contributed by atoms with Crippen LogP contribution in [-0.2, 0) is 20.9 Å². The molecule has 1 aliphatic rings. The number of amides is 2. The van der Waals surface area contributed by atoms with E-state index in [1.165, 1.54) is 4.90 Å². The van der Waals surface area contributed by atoms with Crippen molar-refractivity contribution in [2.75, 3.05) is 33.3 Å². The number of hydrogen-bond acceptors (Lipinski definition) is 5. The van der Waals surface area contributed by atoms with Gasteiger partial charge in [0.1, 0.15) is 12.4 Å². The maximum absolute atomic E-state index is 13.1. The van der Waals surface area contributed by atoms with Gasteiger partial charge in [0, 0.05) is 30.7 Å². The Bertz CT molecular complexity index is 996. The fourth-order valence-electron chi connectivity index (χ4n) is 3.78. The third-order valence-electron chi connectivity index (χ3n) is 5.57. The standard InChI is InChI=1S/C25H29ClN2O5/c1-3-32-25(31)18-10-8-14-28(15-18)23(29)16-27(2)24(30)20-11-5-7-13-22(20)33-17-19-9-4-6-12-21(19)26/h4-7,9,11-13,18H,3,8,10,14-17H2,1-2H3. The Morgan fingerprint density at radius 3 is 2.61 bits per heavy atom. The number of para-hydroxylation sites is 1. The Hall–Kier alpha value is -3.06. The van der Waals surface area contributed by atoms with Gasteiger partial charge >= 0.3 is 5.97 Å². The summed E-state index contributed by atoms with van der Waals surface area (Å²) < 4.78 is 11.0. The molecule has 1 fully saturated rings. The van der Waals surface area contributed by atoms with Gasteiger partial charge in [-0.05, 0) is 38.0 Å². The van der Waals surface area contributed by atoms with Crippen molar-refractivity contribution in [1.29, 1.82) is 0 Å². The number of hydrogen-bond donors (Lipinski definition) is 0. The van der Waals surface area contributed by atoms with Crippen LogP contribution in [0.1, 0.15) is 35.7 Å². The van der Waals surface area contributed by atoms with Gasteiger partial charge in [0.2, 0.25) is 5.91 Å². The van der Waals surface area contributed by atoms with Gasteiger partial charge in [-0.1, -0.05) is 41.9 Å². The molecule has 0 N–H and O–H groups in total. The van der Waals surface area contributed by atoms with Crippen molar-refractivity contribution in [2.45, 2.75) is 26.4 Å². The van der Waals surface area contributed by atoms with E-state index in [1.54, 1.807) is 49.2 Å². The van der Waals surface area contributed by atoms with E-state index in [0.717, 1.165) is 12.0 Å². The van der Waals surface area contributed by atoms with Crippen LogP contribution in [0.2, 0.25) is 5.02 Å². The van der Waals surface area contributed by atoms with Crippen molar-refractivity contribution >= 4 is 29.4 Å². The van der Waals surface area contributed by atoms with E-state index in [1.807, 2.05) is 18.2 Å². The molecule has 33 heavy (non-hydrogen) atoms. The Morgan fingerprint density at radius 1 is 1.12 bits per heavy atom. The van der Waals surface area contributed by atoms with Crippen LogP contribution in [0.15, 0.2) is 48.5 Å². The molecule has 1 atom stereocenters. The molecule has 7 nitrogen and oxygen atoms in total. The van der Waals surface area contributed by atoms with E-state index in [2.05, 4.69) is 0 Å². The highest BCUT2D eigenvalue weighted by atomic mass is 35.5. The van der Waals surface area contributed by atoms with Gasteiger partial charge in [0.15, 0.2) is 0 Å². The molecule has 2 aromatic carbocycles. The fourth-order valence-corrected chi connectivity index (χ4v) is 3.97. The van der Waals surface area contributed by atoms with Crippen molar-refractivity contribution < 1.29 is 23.9 Å². The highest BCUT2D eigenvalue weighted by Gasteiger charge is 2.30. The van der Waals surface area contributed by atoms with Crippen molar-refractivity contribution in [2.24, 2.45) is 5.92 Å². The average molecular weight is 473 g/mol. The molecular weight excluding hydrogens is 444 g/mol. The number of likely N-dealkylation sites (N-methyl/N-ethyl adjacent to an activating group) is 1. The van der Waals surface area contributed by atoms with E-state index in [4.69, 9.17) is 21.1 Å². The van der Waals surface area contributed by atoms with Gasteiger partial charge in [0.05, 0.1) is 24.6 Å². The third-order valence-corrected chi connectivity index (χ3v) is 5.94. The van der Waals surface area contributed by atoms with Crippen LogP contribution in [0.3, 0.4) is 0 Å².